The first-order chi connectivity index (χ1) is 6.95. The Bertz CT molecular complexity index is 374. The average Bonchev–Trinajstić information content (AvgIpc) is 2.15. The molecule has 0 aliphatic carbocycles. The van der Waals surface area contributed by atoms with Crippen LogP contribution in [0.25, 0.3) is 6.08 Å². The number of anilines is 1. The van der Waals surface area contributed by atoms with Crippen molar-refractivity contribution in [2.45, 2.75) is 6.18 Å². The molecule has 0 aliphatic rings. The van der Waals surface area contributed by atoms with Crippen LogP contribution in [0.4, 0.5) is 19.0 Å². The molecular weight excluding hydrogens is 273 g/mol. The smallest absolute Gasteiger partial charge is 0.383 e. The maximum atomic E-state index is 12.3. The van der Waals surface area contributed by atoms with Crippen molar-refractivity contribution in [2.24, 2.45) is 0 Å². The molecule has 0 amide bonds. The average molecular weight is 281 g/mol. The molecule has 2 N–H and O–H groups in total. The maximum Gasteiger partial charge on any atom is 0.417 e. The Hall–Kier alpha value is -1.04. The zero-order chi connectivity index (χ0) is 11.5. The summed E-state index contributed by atoms with van der Waals surface area (Å²) >= 11 is 3.12. The van der Waals surface area contributed by atoms with Gasteiger partial charge < -0.3 is 5.73 Å². The van der Waals surface area contributed by atoms with Gasteiger partial charge in [0.15, 0.2) is 0 Å². The van der Waals surface area contributed by atoms with Crippen LogP contribution in [0.2, 0.25) is 0 Å². The van der Waals surface area contributed by atoms with Crippen LogP contribution < -0.4 is 5.73 Å². The molecule has 0 aliphatic heterocycles. The molecule has 0 spiro atoms. The summed E-state index contributed by atoms with van der Waals surface area (Å²) in [5, 5.41) is 0.544. The van der Waals surface area contributed by atoms with E-state index in [4.69, 9.17) is 5.73 Å². The summed E-state index contributed by atoms with van der Waals surface area (Å²) in [5.74, 6) is 0.0835. The zero-order valence-electron chi connectivity index (χ0n) is 7.55. The number of allylic oxidation sites excluding steroid dienone is 1. The molecule has 15 heavy (non-hydrogen) atoms. The number of halogens is 4. The van der Waals surface area contributed by atoms with E-state index in [1.54, 1.807) is 6.08 Å². The fraction of sp³-hybridized carbons (Fsp3) is 0.222. The highest BCUT2D eigenvalue weighted by atomic mass is 79.9. The topological polar surface area (TPSA) is 38.9 Å². The molecule has 0 radical (unpaired) electrons. The van der Waals surface area contributed by atoms with Crippen molar-refractivity contribution in [1.29, 1.82) is 0 Å². The fourth-order valence-corrected chi connectivity index (χ4v) is 1.14. The predicted octanol–water partition coefficient (Wildman–Crippen LogP) is 3.09. The summed E-state index contributed by atoms with van der Waals surface area (Å²) in [6.07, 6.45) is -0.529. The summed E-state index contributed by atoms with van der Waals surface area (Å²) in [4.78, 5) is 3.49. The summed E-state index contributed by atoms with van der Waals surface area (Å²) in [6.45, 7) is 0. The van der Waals surface area contributed by atoms with E-state index >= 15 is 0 Å². The van der Waals surface area contributed by atoms with Crippen LogP contribution in [0.1, 0.15) is 11.1 Å². The van der Waals surface area contributed by atoms with Gasteiger partial charge in [-0.05, 0) is 6.07 Å². The van der Waals surface area contributed by atoms with Gasteiger partial charge in [0.1, 0.15) is 5.82 Å². The minimum atomic E-state index is -4.39. The van der Waals surface area contributed by atoms with Crippen LogP contribution in [-0.4, -0.2) is 10.3 Å². The highest BCUT2D eigenvalue weighted by molar-refractivity contribution is 9.09. The van der Waals surface area contributed by atoms with Gasteiger partial charge in [0.05, 0.1) is 5.56 Å². The lowest BCUT2D eigenvalue weighted by Crippen LogP contribution is -2.07. The van der Waals surface area contributed by atoms with Crippen LogP contribution in [0.15, 0.2) is 18.3 Å². The number of hydrogen-bond acceptors (Lipinski definition) is 2. The van der Waals surface area contributed by atoms with Gasteiger partial charge in [0, 0.05) is 17.1 Å². The number of hydrogen-bond donors (Lipinski definition) is 1. The molecule has 1 aromatic rings. The standard InChI is InChI=1S/C9H8BrF3N2/c10-3-1-2-6-4-7(9(11,12)13)5-15-8(6)14/h1-2,4-5H,3H2,(H2,14,15). The number of aromatic nitrogens is 1. The van der Waals surface area contributed by atoms with Gasteiger partial charge in [-0.3, -0.25) is 0 Å². The largest absolute Gasteiger partial charge is 0.417 e. The number of nitrogen functional groups attached to an aromatic ring is 1. The van der Waals surface area contributed by atoms with Gasteiger partial charge in [-0.2, -0.15) is 13.2 Å². The third kappa shape index (κ3) is 3.23. The Labute approximate surface area is 93.1 Å². The van der Waals surface area contributed by atoms with E-state index in [1.807, 2.05) is 0 Å². The third-order valence-electron chi connectivity index (χ3n) is 1.66. The van der Waals surface area contributed by atoms with E-state index in [0.717, 1.165) is 12.3 Å². The second-order valence-corrected chi connectivity index (χ2v) is 3.40. The van der Waals surface area contributed by atoms with Crippen LogP contribution >= 0.6 is 15.9 Å². The molecule has 1 rings (SSSR count). The molecule has 0 atom stereocenters. The predicted molar refractivity (Wildman–Crippen MR) is 56.5 cm³/mol. The Morgan fingerprint density at radius 3 is 2.67 bits per heavy atom. The van der Waals surface area contributed by atoms with E-state index in [-0.39, 0.29) is 11.4 Å². The molecule has 0 bridgehead atoms. The third-order valence-corrected chi connectivity index (χ3v) is 2.04. The molecule has 1 heterocycles. The quantitative estimate of drug-likeness (QED) is 0.846. The van der Waals surface area contributed by atoms with E-state index < -0.39 is 11.7 Å². The molecule has 82 valence electrons. The van der Waals surface area contributed by atoms with Gasteiger partial charge >= 0.3 is 6.18 Å². The van der Waals surface area contributed by atoms with Gasteiger partial charge in [-0.1, -0.05) is 28.1 Å². The summed E-state index contributed by atoms with van der Waals surface area (Å²) in [6, 6.07) is 0.974. The number of nitrogens with zero attached hydrogens (tertiary/aromatic N) is 1. The van der Waals surface area contributed by atoms with Crippen LogP contribution in [0, 0.1) is 0 Å². The van der Waals surface area contributed by atoms with Crippen molar-refractivity contribution in [3.63, 3.8) is 0 Å². The second kappa shape index (κ2) is 4.65. The molecule has 0 fully saturated rings. The number of pyridine rings is 1. The monoisotopic (exact) mass is 280 g/mol. The summed E-state index contributed by atoms with van der Waals surface area (Å²) in [7, 11) is 0. The molecule has 1 aromatic heterocycles. The van der Waals surface area contributed by atoms with E-state index in [2.05, 4.69) is 20.9 Å². The number of rotatable bonds is 2. The molecule has 2 nitrogen and oxygen atoms in total. The Kier molecular flexibility index (Phi) is 3.73. The highest BCUT2D eigenvalue weighted by Gasteiger charge is 2.31. The van der Waals surface area contributed by atoms with Crippen LogP contribution in [0.5, 0.6) is 0 Å². The van der Waals surface area contributed by atoms with Crippen LogP contribution in [-0.2, 0) is 6.18 Å². The van der Waals surface area contributed by atoms with Gasteiger partial charge in [0.2, 0.25) is 0 Å². The van der Waals surface area contributed by atoms with Crippen molar-refractivity contribution in [3.05, 3.63) is 29.5 Å². The highest BCUT2D eigenvalue weighted by Crippen LogP contribution is 2.30. The molecule has 6 heteroatoms. The SMILES string of the molecule is Nc1ncc(C(F)(F)F)cc1C=CCBr. The molecule has 0 aromatic carbocycles. The van der Waals surface area contributed by atoms with Crippen molar-refractivity contribution in [2.75, 3.05) is 11.1 Å². The lowest BCUT2D eigenvalue weighted by atomic mass is 10.1. The first kappa shape index (κ1) is 12.0. The molecular formula is C9H8BrF3N2. The van der Waals surface area contributed by atoms with E-state index in [0.29, 0.717) is 5.33 Å². The summed E-state index contributed by atoms with van der Waals surface area (Å²) in [5.41, 5.74) is 4.90. The maximum absolute atomic E-state index is 12.3. The van der Waals surface area contributed by atoms with Gasteiger partial charge in [-0.15, -0.1) is 0 Å². The van der Waals surface area contributed by atoms with Gasteiger partial charge in [0.25, 0.3) is 0 Å². The lowest BCUT2D eigenvalue weighted by molar-refractivity contribution is -0.137. The van der Waals surface area contributed by atoms with Crippen molar-refractivity contribution in [1.82, 2.24) is 4.98 Å². The first-order valence-corrected chi connectivity index (χ1v) is 5.12. The van der Waals surface area contributed by atoms with Crippen LogP contribution in [0.3, 0.4) is 0 Å². The number of alkyl halides is 4. The Morgan fingerprint density at radius 1 is 1.47 bits per heavy atom. The van der Waals surface area contributed by atoms with Gasteiger partial charge in [-0.25, -0.2) is 4.98 Å². The number of nitrogens with two attached hydrogens (primary N) is 1. The Morgan fingerprint density at radius 2 is 2.13 bits per heavy atom. The summed E-state index contributed by atoms with van der Waals surface area (Å²) < 4.78 is 36.9. The van der Waals surface area contributed by atoms with Crippen molar-refractivity contribution >= 4 is 27.8 Å². The van der Waals surface area contributed by atoms with E-state index in [1.165, 1.54) is 6.08 Å². The lowest BCUT2D eigenvalue weighted by Gasteiger charge is -2.07. The normalized spacial score (nSPS) is 12.3. The van der Waals surface area contributed by atoms with Crippen molar-refractivity contribution < 1.29 is 13.2 Å². The molecule has 0 saturated heterocycles. The molecule has 0 saturated carbocycles. The molecule has 0 unspecified atom stereocenters. The Balaban J connectivity index is 3.11. The zero-order valence-corrected chi connectivity index (χ0v) is 9.14. The second-order valence-electron chi connectivity index (χ2n) is 2.75. The van der Waals surface area contributed by atoms with Crippen molar-refractivity contribution in [3.8, 4) is 0 Å². The minimum absolute atomic E-state index is 0.0835. The fourth-order valence-electron chi connectivity index (χ4n) is 0.952. The van der Waals surface area contributed by atoms with E-state index in [9.17, 15) is 13.2 Å². The first-order valence-electron chi connectivity index (χ1n) is 4.00. The minimum Gasteiger partial charge on any atom is -0.383 e.